The summed E-state index contributed by atoms with van der Waals surface area (Å²) in [4.78, 5) is 86.8. The number of carbonyl (C=O) groups is 7. The number of nitrogens with one attached hydrogen (secondary N) is 4. The molecule has 8 N–H and O–H groups in total. The summed E-state index contributed by atoms with van der Waals surface area (Å²) in [5.41, 5.74) is 5.49. The zero-order valence-corrected chi connectivity index (χ0v) is 22.1. The lowest BCUT2D eigenvalue weighted by Crippen LogP contribution is -2.59. The highest BCUT2D eigenvalue weighted by Gasteiger charge is 2.40. The van der Waals surface area contributed by atoms with Gasteiger partial charge in [-0.05, 0) is 39.5 Å². The number of hydrogen-bond donors (Lipinski definition) is 7. The number of hydrogen-bond acceptors (Lipinski definition) is 8. The lowest BCUT2D eigenvalue weighted by Gasteiger charge is -2.32. The maximum Gasteiger partial charge on any atom is 0.325 e. The Hall–Kier alpha value is -3.75. The predicted molar refractivity (Wildman–Crippen MR) is 132 cm³/mol. The number of amides is 5. The summed E-state index contributed by atoms with van der Waals surface area (Å²) in [5.74, 6) is -6.62. The Morgan fingerprint density at radius 3 is 1.95 bits per heavy atom. The first-order valence-electron chi connectivity index (χ1n) is 12.3. The summed E-state index contributed by atoms with van der Waals surface area (Å²) < 4.78 is 0. The van der Waals surface area contributed by atoms with Crippen molar-refractivity contribution in [3.05, 3.63) is 0 Å². The zero-order chi connectivity index (χ0) is 29.3. The molecule has 1 fully saturated rings. The van der Waals surface area contributed by atoms with Crippen LogP contribution in [0.1, 0.15) is 53.9 Å². The van der Waals surface area contributed by atoms with Crippen molar-refractivity contribution in [1.82, 2.24) is 26.2 Å². The van der Waals surface area contributed by atoms with Crippen LogP contribution in [0.25, 0.3) is 0 Å². The predicted octanol–water partition coefficient (Wildman–Crippen LogP) is -2.48. The standard InChI is InChI=1S/C23H38N6O9/c1-10(2)17(28-20(34)14(9-16(30)31)27-18(32)11(3)24)22(36)29-8-6-7-15(29)21(35)25-12(4)19(33)26-13(5)23(37)38/h10-15,17H,6-9,24H2,1-5H3,(H,25,35)(H,26,33)(H,27,32)(H,28,34)(H,30,31)(H,37,38)/t11-,12-,13-,14-,15-,17-/m0/s1. The van der Waals surface area contributed by atoms with Crippen molar-refractivity contribution in [2.75, 3.05) is 6.54 Å². The molecule has 214 valence electrons. The summed E-state index contributed by atoms with van der Waals surface area (Å²) in [7, 11) is 0. The first-order chi connectivity index (χ1) is 17.6. The van der Waals surface area contributed by atoms with Gasteiger partial charge in [-0.1, -0.05) is 13.8 Å². The molecule has 0 spiro atoms. The molecule has 1 aliphatic rings. The first-order valence-corrected chi connectivity index (χ1v) is 12.3. The van der Waals surface area contributed by atoms with E-state index >= 15 is 0 Å². The summed E-state index contributed by atoms with van der Waals surface area (Å²) in [6.45, 7) is 7.51. The zero-order valence-electron chi connectivity index (χ0n) is 22.1. The molecule has 0 bridgehead atoms. The van der Waals surface area contributed by atoms with E-state index < -0.39 is 90.1 Å². The Balaban J connectivity index is 2.98. The van der Waals surface area contributed by atoms with Crippen molar-refractivity contribution in [2.45, 2.75) is 90.1 Å². The highest BCUT2D eigenvalue weighted by molar-refractivity contribution is 5.97. The average Bonchev–Trinajstić information content (AvgIpc) is 3.30. The highest BCUT2D eigenvalue weighted by Crippen LogP contribution is 2.21. The number of aliphatic carboxylic acids is 2. The third-order valence-corrected chi connectivity index (χ3v) is 5.98. The molecule has 1 heterocycles. The number of likely N-dealkylation sites (tertiary alicyclic amines) is 1. The van der Waals surface area contributed by atoms with Gasteiger partial charge in [-0.25, -0.2) is 0 Å². The van der Waals surface area contributed by atoms with Crippen molar-refractivity contribution in [3.8, 4) is 0 Å². The molecule has 0 unspecified atom stereocenters. The molecule has 0 aromatic carbocycles. The van der Waals surface area contributed by atoms with Crippen molar-refractivity contribution in [2.24, 2.45) is 11.7 Å². The normalized spacial score (nSPS) is 18.9. The second kappa shape index (κ2) is 14.3. The van der Waals surface area contributed by atoms with E-state index in [-0.39, 0.29) is 6.54 Å². The molecular formula is C23H38N6O9. The summed E-state index contributed by atoms with van der Waals surface area (Å²) in [6, 6.07) is -6.80. The lowest BCUT2D eigenvalue weighted by molar-refractivity contribution is -0.144. The molecule has 1 rings (SSSR count). The van der Waals surface area contributed by atoms with Gasteiger partial charge in [-0.2, -0.15) is 0 Å². The van der Waals surface area contributed by atoms with Crippen molar-refractivity contribution < 1.29 is 43.8 Å². The van der Waals surface area contributed by atoms with Crippen LogP contribution >= 0.6 is 0 Å². The molecule has 0 aliphatic carbocycles. The SMILES string of the molecule is CC(C)[C@H](NC(=O)[C@H](CC(=O)O)NC(=O)[C@H](C)N)C(=O)N1CCC[C@H]1C(=O)N[C@@H](C)C(=O)N[C@@H](C)C(=O)O. The lowest BCUT2D eigenvalue weighted by atomic mass is 10.0. The fourth-order valence-electron chi connectivity index (χ4n) is 3.71. The van der Waals surface area contributed by atoms with E-state index in [1.165, 1.54) is 25.7 Å². The van der Waals surface area contributed by atoms with Crippen LogP contribution in [-0.2, 0) is 33.6 Å². The number of carboxylic acid groups (broad SMARTS) is 2. The largest absolute Gasteiger partial charge is 0.481 e. The summed E-state index contributed by atoms with van der Waals surface area (Å²) in [5, 5.41) is 27.6. The van der Waals surface area contributed by atoms with Crippen LogP contribution in [0.15, 0.2) is 0 Å². The van der Waals surface area contributed by atoms with Crippen LogP contribution in [0.5, 0.6) is 0 Å². The molecule has 6 atom stereocenters. The van der Waals surface area contributed by atoms with E-state index in [2.05, 4.69) is 21.3 Å². The van der Waals surface area contributed by atoms with Crippen LogP contribution in [-0.4, -0.2) is 99.4 Å². The van der Waals surface area contributed by atoms with Crippen LogP contribution in [0.2, 0.25) is 0 Å². The molecule has 1 saturated heterocycles. The molecule has 0 saturated carbocycles. The number of nitrogens with two attached hydrogens (primary N) is 1. The Bertz CT molecular complexity index is 938. The first kappa shape index (κ1) is 32.3. The van der Waals surface area contributed by atoms with E-state index in [1.807, 2.05) is 0 Å². The third kappa shape index (κ3) is 9.28. The van der Waals surface area contributed by atoms with E-state index in [1.54, 1.807) is 13.8 Å². The van der Waals surface area contributed by atoms with Gasteiger partial charge in [0.15, 0.2) is 0 Å². The maximum absolute atomic E-state index is 13.4. The number of carboxylic acids is 2. The van der Waals surface area contributed by atoms with Gasteiger partial charge in [-0.15, -0.1) is 0 Å². The second-order valence-corrected chi connectivity index (χ2v) is 9.67. The molecule has 0 radical (unpaired) electrons. The topological polar surface area (TPSA) is 237 Å². The van der Waals surface area contributed by atoms with Crippen LogP contribution in [0, 0.1) is 5.92 Å². The number of rotatable bonds is 13. The smallest absolute Gasteiger partial charge is 0.325 e. The minimum absolute atomic E-state index is 0.201. The molecule has 0 aromatic rings. The van der Waals surface area contributed by atoms with Crippen LogP contribution in [0.4, 0.5) is 0 Å². The molecule has 5 amide bonds. The fourth-order valence-corrected chi connectivity index (χ4v) is 3.71. The molecule has 15 heteroatoms. The molecule has 38 heavy (non-hydrogen) atoms. The van der Waals surface area contributed by atoms with Crippen molar-refractivity contribution in [3.63, 3.8) is 0 Å². The van der Waals surface area contributed by atoms with Gasteiger partial charge in [-0.3, -0.25) is 33.6 Å². The quantitative estimate of drug-likeness (QED) is 0.129. The highest BCUT2D eigenvalue weighted by atomic mass is 16.4. The average molecular weight is 543 g/mol. The third-order valence-electron chi connectivity index (χ3n) is 5.98. The van der Waals surface area contributed by atoms with Gasteiger partial charge in [0.1, 0.15) is 30.2 Å². The maximum atomic E-state index is 13.4. The van der Waals surface area contributed by atoms with Gasteiger partial charge in [0, 0.05) is 6.54 Å². The Morgan fingerprint density at radius 2 is 1.45 bits per heavy atom. The molecule has 15 nitrogen and oxygen atoms in total. The van der Waals surface area contributed by atoms with Gasteiger partial charge in [0.05, 0.1) is 12.5 Å². The monoisotopic (exact) mass is 542 g/mol. The van der Waals surface area contributed by atoms with Crippen molar-refractivity contribution >= 4 is 41.5 Å². The Kier molecular flexibility index (Phi) is 12.1. The van der Waals surface area contributed by atoms with E-state index in [9.17, 15) is 33.6 Å². The minimum atomic E-state index is -1.48. The minimum Gasteiger partial charge on any atom is -0.481 e. The fraction of sp³-hybridized carbons (Fsp3) is 0.696. The van der Waals surface area contributed by atoms with Gasteiger partial charge >= 0.3 is 11.9 Å². The van der Waals surface area contributed by atoms with Crippen molar-refractivity contribution in [1.29, 1.82) is 0 Å². The van der Waals surface area contributed by atoms with E-state index in [4.69, 9.17) is 15.9 Å². The molecule has 0 aromatic heterocycles. The van der Waals surface area contributed by atoms with E-state index in [0.717, 1.165) is 0 Å². The Morgan fingerprint density at radius 1 is 0.842 bits per heavy atom. The van der Waals surface area contributed by atoms with Crippen LogP contribution < -0.4 is 27.0 Å². The van der Waals surface area contributed by atoms with Gasteiger partial charge < -0.3 is 42.1 Å². The number of nitrogens with zero attached hydrogens (tertiary/aromatic N) is 1. The van der Waals surface area contributed by atoms with E-state index in [0.29, 0.717) is 12.8 Å². The van der Waals surface area contributed by atoms with Gasteiger partial charge in [0.2, 0.25) is 29.5 Å². The summed E-state index contributed by atoms with van der Waals surface area (Å²) in [6.07, 6.45) is 0.0338. The summed E-state index contributed by atoms with van der Waals surface area (Å²) >= 11 is 0. The molecular weight excluding hydrogens is 504 g/mol. The van der Waals surface area contributed by atoms with Crippen LogP contribution in [0.3, 0.4) is 0 Å². The molecule has 1 aliphatic heterocycles. The second-order valence-electron chi connectivity index (χ2n) is 9.67. The Labute approximate surface area is 220 Å². The number of carbonyl (C=O) groups excluding carboxylic acids is 5. The van der Waals surface area contributed by atoms with Gasteiger partial charge in [0.25, 0.3) is 0 Å².